The van der Waals surface area contributed by atoms with Gasteiger partial charge in [-0.1, -0.05) is 60.7 Å². The third-order valence-electron chi connectivity index (χ3n) is 6.14. The van der Waals surface area contributed by atoms with Crippen LogP contribution in [0.4, 0.5) is 0 Å². The molecule has 3 amide bonds. The molecule has 2 unspecified atom stereocenters. The summed E-state index contributed by atoms with van der Waals surface area (Å²) in [6, 6.07) is 14.7. The highest BCUT2D eigenvalue weighted by Crippen LogP contribution is 2.50. The number of β-lactam (4-membered cyclic amide) rings is 1. The van der Waals surface area contributed by atoms with Crippen LogP contribution in [0, 0.1) is 0 Å². The Bertz CT molecular complexity index is 1200. The number of rotatable bonds is 8. The van der Waals surface area contributed by atoms with E-state index in [-0.39, 0.29) is 12.4 Å². The number of thioether (sulfide) groups is 1. The number of hydrogen-bond acceptors (Lipinski definition) is 6. The van der Waals surface area contributed by atoms with Crippen molar-refractivity contribution in [3.05, 3.63) is 71.8 Å². The number of benzene rings is 2. The van der Waals surface area contributed by atoms with Crippen molar-refractivity contribution in [2.24, 2.45) is 10.7 Å². The van der Waals surface area contributed by atoms with Gasteiger partial charge in [0.25, 0.3) is 0 Å². The molecular weight excluding hydrogens is 482 g/mol. The van der Waals surface area contributed by atoms with Gasteiger partial charge in [0, 0.05) is 10.3 Å². The summed E-state index contributed by atoms with van der Waals surface area (Å²) < 4.78 is -0.713. The van der Waals surface area contributed by atoms with Crippen molar-refractivity contribution >= 4 is 41.3 Å². The van der Waals surface area contributed by atoms with Crippen molar-refractivity contribution in [3.63, 3.8) is 0 Å². The summed E-state index contributed by atoms with van der Waals surface area (Å²) in [6.07, 6.45) is 0. The topological polar surface area (TPSA) is 154 Å². The number of nitrogens with one attached hydrogen (secondary N) is 2. The smallest absolute Gasteiger partial charge is 0.327 e. The van der Waals surface area contributed by atoms with Crippen LogP contribution in [-0.2, 0) is 19.2 Å². The van der Waals surface area contributed by atoms with E-state index in [1.165, 1.54) is 16.7 Å². The summed E-state index contributed by atoms with van der Waals surface area (Å²) in [4.78, 5) is 55.9. The number of aliphatic imine (C=N–C) groups is 1. The maximum atomic E-state index is 13.3. The van der Waals surface area contributed by atoms with Crippen LogP contribution in [0.1, 0.15) is 31.0 Å². The molecule has 0 radical (unpaired) electrons. The summed E-state index contributed by atoms with van der Waals surface area (Å²) in [5.41, 5.74) is 7.16. The average Bonchev–Trinajstić information content (AvgIpc) is 3.13. The number of hydrogen-bond donors (Lipinski definition) is 4. The Morgan fingerprint density at radius 2 is 1.72 bits per heavy atom. The lowest BCUT2D eigenvalue weighted by atomic mass is 9.95. The highest BCUT2D eigenvalue weighted by Gasteiger charge is 2.64. The fourth-order valence-electron chi connectivity index (χ4n) is 4.39. The lowest BCUT2D eigenvalue weighted by Crippen LogP contribution is -2.71. The number of nitrogens with two attached hydrogens (primary N) is 1. The zero-order chi connectivity index (χ0) is 26.0. The van der Waals surface area contributed by atoms with Crippen LogP contribution >= 0.6 is 11.8 Å². The van der Waals surface area contributed by atoms with Crippen LogP contribution in [0.15, 0.2) is 65.7 Å². The molecule has 2 aliphatic rings. The predicted molar refractivity (Wildman–Crippen MR) is 135 cm³/mol. The lowest BCUT2D eigenvalue weighted by Gasteiger charge is -2.44. The molecule has 0 saturated carbocycles. The molecule has 0 aliphatic carbocycles. The normalized spacial score (nSPS) is 23.3. The van der Waals surface area contributed by atoms with Crippen molar-refractivity contribution in [1.29, 1.82) is 0 Å². The number of carbonyl (C=O) groups is 4. The van der Waals surface area contributed by atoms with E-state index in [4.69, 9.17) is 5.73 Å². The Morgan fingerprint density at radius 3 is 2.33 bits per heavy atom. The number of aliphatic carboxylic acids is 1. The van der Waals surface area contributed by atoms with Gasteiger partial charge in [-0.25, -0.2) is 4.79 Å². The summed E-state index contributed by atoms with van der Waals surface area (Å²) in [7, 11) is 0. The van der Waals surface area contributed by atoms with Gasteiger partial charge in [-0.2, -0.15) is 0 Å². The molecule has 5 N–H and O–H groups in total. The zero-order valence-corrected chi connectivity index (χ0v) is 20.6. The van der Waals surface area contributed by atoms with Gasteiger partial charge >= 0.3 is 5.97 Å². The fraction of sp³-hybridized carbons (Fsp3) is 0.320. The van der Waals surface area contributed by atoms with Crippen LogP contribution in [0.3, 0.4) is 0 Å². The molecule has 11 heteroatoms. The van der Waals surface area contributed by atoms with E-state index < -0.39 is 51.9 Å². The Labute approximate surface area is 212 Å². The summed E-state index contributed by atoms with van der Waals surface area (Å²) in [6.45, 7) is 3.23. The molecule has 4 rings (SSSR count). The van der Waals surface area contributed by atoms with E-state index >= 15 is 0 Å². The largest absolute Gasteiger partial charge is 0.480 e. The van der Waals surface area contributed by atoms with Crippen molar-refractivity contribution in [3.8, 4) is 0 Å². The van der Waals surface area contributed by atoms with Gasteiger partial charge in [0.15, 0.2) is 0 Å². The van der Waals surface area contributed by atoms with Gasteiger partial charge in [-0.05, 0) is 19.4 Å². The average molecular weight is 510 g/mol. The molecule has 2 fully saturated rings. The van der Waals surface area contributed by atoms with Crippen LogP contribution in [0.25, 0.3) is 0 Å². The highest BCUT2D eigenvalue weighted by molar-refractivity contribution is 8.01. The van der Waals surface area contributed by atoms with Crippen LogP contribution in [0.2, 0.25) is 0 Å². The fourth-order valence-corrected chi connectivity index (χ4v) is 6.02. The Morgan fingerprint density at radius 1 is 1.11 bits per heavy atom. The van der Waals surface area contributed by atoms with Gasteiger partial charge in [0.2, 0.25) is 17.7 Å². The number of carboxylic acids is 1. The number of fused-ring (bicyclic) bond motifs is 1. The molecular formula is C25H27N5O5S. The van der Waals surface area contributed by atoms with Gasteiger partial charge in [-0.15, -0.1) is 11.8 Å². The van der Waals surface area contributed by atoms with E-state index in [9.17, 15) is 24.3 Å². The molecule has 2 aromatic carbocycles. The zero-order valence-electron chi connectivity index (χ0n) is 19.8. The molecule has 4 atom stereocenters. The van der Waals surface area contributed by atoms with Gasteiger partial charge < -0.3 is 26.4 Å². The molecule has 0 aromatic heterocycles. The number of amides is 3. The summed E-state index contributed by atoms with van der Waals surface area (Å²) in [5, 5.41) is 14.5. The third kappa shape index (κ3) is 4.92. The SMILES string of the molecule is CC1(C)S[C@@H]2C(NC(=O)C(NC(=O)CN=C(N)c3ccccc3)c3ccccc3)C(=O)N2[C@H]1C(=O)O. The second-order valence-electron chi connectivity index (χ2n) is 9.06. The van der Waals surface area contributed by atoms with E-state index in [0.29, 0.717) is 11.1 Å². The van der Waals surface area contributed by atoms with Gasteiger partial charge in [-0.3, -0.25) is 19.4 Å². The van der Waals surface area contributed by atoms with Crippen LogP contribution in [-0.4, -0.2) is 68.3 Å². The van der Waals surface area contributed by atoms with E-state index in [0.717, 1.165) is 0 Å². The number of carbonyl (C=O) groups excluding carboxylic acids is 3. The predicted octanol–water partition coefficient (Wildman–Crippen LogP) is 0.881. The second kappa shape index (κ2) is 10.0. The summed E-state index contributed by atoms with van der Waals surface area (Å²) in [5.74, 6) is -2.46. The Hall–Kier alpha value is -3.86. The van der Waals surface area contributed by atoms with Crippen molar-refractivity contribution in [2.75, 3.05) is 6.54 Å². The van der Waals surface area contributed by atoms with Crippen LogP contribution < -0.4 is 16.4 Å². The number of nitrogens with zero attached hydrogens (tertiary/aromatic N) is 2. The first kappa shape index (κ1) is 25.2. The Kier molecular flexibility index (Phi) is 7.02. The molecule has 2 saturated heterocycles. The van der Waals surface area contributed by atoms with E-state index in [1.807, 2.05) is 6.07 Å². The van der Waals surface area contributed by atoms with Gasteiger partial charge in [0.1, 0.15) is 35.9 Å². The minimum atomic E-state index is -1.09. The minimum Gasteiger partial charge on any atom is -0.480 e. The monoisotopic (exact) mass is 509 g/mol. The van der Waals surface area contributed by atoms with Crippen LogP contribution in [0.5, 0.6) is 0 Å². The molecule has 2 aromatic rings. The minimum absolute atomic E-state index is 0.195. The van der Waals surface area contributed by atoms with E-state index in [2.05, 4.69) is 15.6 Å². The Balaban J connectivity index is 1.46. The summed E-state index contributed by atoms with van der Waals surface area (Å²) >= 11 is 1.33. The quantitative estimate of drug-likeness (QED) is 0.234. The number of amidine groups is 1. The molecule has 2 heterocycles. The lowest BCUT2D eigenvalue weighted by molar-refractivity contribution is -0.161. The van der Waals surface area contributed by atoms with Crippen molar-refractivity contribution in [1.82, 2.24) is 15.5 Å². The van der Waals surface area contributed by atoms with Gasteiger partial charge in [0.05, 0.1) is 0 Å². The first-order valence-corrected chi connectivity index (χ1v) is 12.2. The first-order chi connectivity index (χ1) is 17.1. The first-order valence-electron chi connectivity index (χ1n) is 11.3. The number of carboxylic acid groups (broad SMARTS) is 1. The van der Waals surface area contributed by atoms with E-state index in [1.54, 1.807) is 68.4 Å². The third-order valence-corrected chi connectivity index (χ3v) is 7.71. The molecule has 2 aliphatic heterocycles. The highest BCUT2D eigenvalue weighted by atomic mass is 32.2. The molecule has 36 heavy (non-hydrogen) atoms. The molecule has 0 bridgehead atoms. The molecule has 188 valence electrons. The van der Waals surface area contributed by atoms with Crippen molar-refractivity contribution in [2.45, 2.75) is 42.1 Å². The van der Waals surface area contributed by atoms with Crippen molar-refractivity contribution < 1.29 is 24.3 Å². The molecule has 0 spiro atoms. The molecule has 10 nitrogen and oxygen atoms in total. The maximum Gasteiger partial charge on any atom is 0.327 e. The maximum absolute atomic E-state index is 13.3. The second-order valence-corrected chi connectivity index (χ2v) is 10.8. The standard InChI is InChI=1S/C25H27N5O5S/c1-25(2)19(24(34)35)30-22(33)18(23(30)36-25)29-21(32)17(14-9-5-3-6-10-14)28-16(31)13-27-20(26)15-11-7-4-8-12-15/h3-12,17-19,23H,13H2,1-2H3,(H2,26,27)(H,28,31)(H,29,32)(H,34,35)/t17?,18?,19-,23+/m0/s1.